The van der Waals surface area contributed by atoms with Gasteiger partial charge in [-0.3, -0.25) is 4.79 Å². The normalized spacial score (nSPS) is 20.7. The van der Waals surface area contributed by atoms with Gasteiger partial charge in [-0.05, 0) is 43.9 Å². The summed E-state index contributed by atoms with van der Waals surface area (Å²) in [5.41, 5.74) is 0.705. The minimum absolute atomic E-state index is 0.00524. The number of carbonyl (C=O) groups is 1. The molecule has 0 bridgehead atoms. The molecule has 1 aliphatic rings. The van der Waals surface area contributed by atoms with E-state index in [1.807, 2.05) is 30.3 Å². The number of rotatable bonds is 4. The van der Waals surface area contributed by atoms with E-state index in [2.05, 4.69) is 10.3 Å². The van der Waals surface area contributed by atoms with Crippen LogP contribution >= 0.6 is 11.6 Å². The molecule has 0 atom stereocenters. The van der Waals surface area contributed by atoms with Gasteiger partial charge in [0, 0.05) is 23.9 Å². The molecule has 120 valence electrons. The van der Waals surface area contributed by atoms with Gasteiger partial charge >= 0.3 is 0 Å². The van der Waals surface area contributed by atoms with Crippen LogP contribution in [-0.4, -0.2) is 23.0 Å². The number of halogens is 1. The molecule has 0 radical (unpaired) electrons. The van der Waals surface area contributed by atoms with Crippen LogP contribution in [0.25, 0.3) is 0 Å². The smallest absolute Gasteiger partial charge is 0.251 e. The van der Waals surface area contributed by atoms with Gasteiger partial charge < -0.3 is 10.1 Å². The number of hydrogen-bond acceptors (Lipinski definition) is 3. The number of nitrogens with zero attached hydrogens (tertiary/aromatic N) is 1. The molecule has 1 aromatic heterocycles. The summed E-state index contributed by atoms with van der Waals surface area (Å²) in [6.07, 6.45) is 5.37. The number of aromatic nitrogens is 1. The molecule has 23 heavy (non-hydrogen) atoms. The van der Waals surface area contributed by atoms with E-state index >= 15 is 0 Å². The topological polar surface area (TPSA) is 51.2 Å². The lowest BCUT2D eigenvalue weighted by Gasteiger charge is -2.29. The van der Waals surface area contributed by atoms with Crippen LogP contribution in [0.4, 0.5) is 0 Å². The Morgan fingerprint density at radius 3 is 2.48 bits per heavy atom. The van der Waals surface area contributed by atoms with Crippen molar-refractivity contribution in [3.8, 4) is 5.88 Å². The fourth-order valence-electron chi connectivity index (χ4n) is 2.79. The standard InChI is InChI=1S/C18H19ClN2O2/c19-14-6-11-17(20-12-14)23-16-9-7-15(8-10-16)21-18(22)13-4-2-1-3-5-13/h1-6,11-12,15-16H,7-10H2,(H,21,22). The first-order valence-corrected chi connectivity index (χ1v) is 8.22. The Balaban J connectivity index is 1.47. The van der Waals surface area contributed by atoms with Crippen LogP contribution in [-0.2, 0) is 0 Å². The van der Waals surface area contributed by atoms with Gasteiger partial charge in [0.05, 0.1) is 5.02 Å². The van der Waals surface area contributed by atoms with Crippen LogP contribution in [0.1, 0.15) is 36.0 Å². The van der Waals surface area contributed by atoms with Crippen molar-refractivity contribution in [1.29, 1.82) is 0 Å². The fraction of sp³-hybridized carbons (Fsp3) is 0.333. The summed E-state index contributed by atoms with van der Waals surface area (Å²) in [6.45, 7) is 0. The molecule has 2 aromatic rings. The van der Waals surface area contributed by atoms with Crippen molar-refractivity contribution in [1.82, 2.24) is 10.3 Å². The SMILES string of the molecule is O=C(NC1CCC(Oc2ccc(Cl)cn2)CC1)c1ccccc1. The zero-order chi connectivity index (χ0) is 16.1. The summed E-state index contributed by atoms with van der Waals surface area (Å²) in [6, 6.07) is 13.1. The first-order valence-electron chi connectivity index (χ1n) is 7.85. The molecule has 5 heteroatoms. The van der Waals surface area contributed by atoms with Gasteiger partial charge in [0.1, 0.15) is 6.10 Å². The molecular formula is C18H19ClN2O2. The summed E-state index contributed by atoms with van der Waals surface area (Å²) in [7, 11) is 0. The molecule has 1 fully saturated rings. The van der Waals surface area contributed by atoms with Gasteiger partial charge in [-0.1, -0.05) is 29.8 Å². The summed E-state index contributed by atoms with van der Waals surface area (Å²) in [5, 5.41) is 3.70. The summed E-state index contributed by atoms with van der Waals surface area (Å²) < 4.78 is 5.87. The third-order valence-electron chi connectivity index (χ3n) is 4.03. The first-order chi connectivity index (χ1) is 11.2. The van der Waals surface area contributed by atoms with E-state index in [1.54, 1.807) is 18.3 Å². The molecule has 0 aliphatic heterocycles. The second-order valence-electron chi connectivity index (χ2n) is 5.75. The number of pyridine rings is 1. The summed E-state index contributed by atoms with van der Waals surface area (Å²) in [5.74, 6) is 0.598. The fourth-order valence-corrected chi connectivity index (χ4v) is 2.90. The zero-order valence-electron chi connectivity index (χ0n) is 12.7. The van der Waals surface area contributed by atoms with Crippen LogP contribution in [0.3, 0.4) is 0 Å². The maximum atomic E-state index is 12.2. The summed E-state index contributed by atoms with van der Waals surface area (Å²) >= 11 is 5.81. The monoisotopic (exact) mass is 330 g/mol. The van der Waals surface area contributed by atoms with E-state index in [9.17, 15) is 4.79 Å². The molecule has 1 saturated carbocycles. The number of nitrogens with one attached hydrogen (secondary N) is 1. The Morgan fingerprint density at radius 1 is 1.09 bits per heavy atom. The van der Waals surface area contributed by atoms with Crippen LogP contribution in [0.15, 0.2) is 48.7 Å². The van der Waals surface area contributed by atoms with Crippen LogP contribution in [0, 0.1) is 0 Å². The maximum absolute atomic E-state index is 12.2. The van der Waals surface area contributed by atoms with E-state index in [4.69, 9.17) is 16.3 Å². The molecule has 1 aromatic carbocycles. The van der Waals surface area contributed by atoms with Crippen molar-refractivity contribution in [3.05, 3.63) is 59.2 Å². The average Bonchev–Trinajstić information content (AvgIpc) is 2.59. The highest BCUT2D eigenvalue weighted by Gasteiger charge is 2.24. The predicted molar refractivity (Wildman–Crippen MR) is 89.8 cm³/mol. The highest BCUT2D eigenvalue weighted by Crippen LogP contribution is 2.23. The van der Waals surface area contributed by atoms with Crippen molar-refractivity contribution in [2.24, 2.45) is 0 Å². The quantitative estimate of drug-likeness (QED) is 0.926. The van der Waals surface area contributed by atoms with E-state index in [0.29, 0.717) is 16.5 Å². The summed E-state index contributed by atoms with van der Waals surface area (Å²) in [4.78, 5) is 16.3. The molecule has 1 N–H and O–H groups in total. The average molecular weight is 331 g/mol. The number of ether oxygens (including phenoxy) is 1. The van der Waals surface area contributed by atoms with Crippen LogP contribution in [0.2, 0.25) is 5.02 Å². The van der Waals surface area contributed by atoms with Gasteiger partial charge in [0.15, 0.2) is 0 Å². The van der Waals surface area contributed by atoms with Gasteiger partial charge in [-0.25, -0.2) is 4.98 Å². The maximum Gasteiger partial charge on any atom is 0.251 e. The Morgan fingerprint density at radius 2 is 1.83 bits per heavy atom. The van der Waals surface area contributed by atoms with Crippen molar-refractivity contribution in [2.75, 3.05) is 0 Å². The lowest BCUT2D eigenvalue weighted by molar-refractivity contribution is 0.0890. The lowest BCUT2D eigenvalue weighted by atomic mass is 9.92. The van der Waals surface area contributed by atoms with Crippen molar-refractivity contribution in [3.63, 3.8) is 0 Å². The molecule has 0 saturated heterocycles. The van der Waals surface area contributed by atoms with Gasteiger partial charge in [0.25, 0.3) is 5.91 Å². The Bertz CT molecular complexity index is 638. The molecule has 4 nitrogen and oxygen atoms in total. The number of hydrogen-bond donors (Lipinski definition) is 1. The molecular weight excluding hydrogens is 312 g/mol. The van der Waals surface area contributed by atoms with Crippen molar-refractivity contribution < 1.29 is 9.53 Å². The second-order valence-corrected chi connectivity index (χ2v) is 6.18. The third-order valence-corrected chi connectivity index (χ3v) is 4.26. The first kappa shape index (κ1) is 15.8. The lowest BCUT2D eigenvalue weighted by Crippen LogP contribution is -2.39. The van der Waals surface area contributed by atoms with Gasteiger partial charge in [-0.2, -0.15) is 0 Å². The predicted octanol–water partition coefficient (Wildman–Crippen LogP) is 3.86. The van der Waals surface area contributed by atoms with E-state index in [1.165, 1.54) is 0 Å². The van der Waals surface area contributed by atoms with Crippen LogP contribution in [0.5, 0.6) is 5.88 Å². The molecule has 3 rings (SSSR count). The number of amides is 1. The molecule has 0 unspecified atom stereocenters. The van der Waals surface area contributed by atoms with E-state index in [0.717, 1.165) is 25.7 Å². The van der Waals surface area contributed by atoms with Crippen molar-refractivity contribution >= 4 is 17.5 Å². The highest BCUT2D eigenvalue weighted by molar-refractivity contribution is 6.30. The third kappa shape index (κ3) is 4.45. The number of benzene rings is 1. The Hall–Kier alpha value is -2.07. The highest BCUT2D eigenvalue weighted by atomic mass is 35.5. The Labute approximate surface area is 140 Å². The zero-order valence-corrected chi connectivity index (χ0v) is 13.5. The van der Waals surface area contributed by atoms with Crippen LogP contribution < -0.4 is 10.1 Å². The Kier molecular flexibility index (Phi) is 5.13. The molecule has 0 spiro atoms. The van der Waals surface area contributed by atoms with E-state index < -0.39 is 0 Å². The minimum atomic E-state index is -0.00524. The van der Waals surface area contributed by atoms with Crippen molar-refractivity contribution in [2.45, 2.75) is 37.8 Å². The van der Waals surface area contributed by atoms with Gasteiger partial charge in [0.2, 0.25) is 5.88 Å². The number of carbonyl (C=O) groups excluding carboxylic acids is 1. The second kappa shape index (κ2) is 7.47. The minimum Gasteiger partial charge on any atom is -0.474 e. The molecule has 1 amide bonds. The van der Waals surface area contributed by atoms with Gasteiger partial charge in [-0.15, -0.1) is 0 Å². The largest absolute Gasteiger partial charge is 0.474 e. The molecule has 1 heterocycles. The van der Waals surface area contributed by atoms with E-state index in [-0.39, 0.29) is 18.1 Å². The molecule has 1 aliphatic carbocycles.